The number of aliphatic hydroxyl groups is 2. The summed E-state index contributed by atoms with van der Waals surface area (Å²) in [5.74, 6) is -1.29. The maximum absolute atomic E-state index is 10.9. The summed E-state index contributed by atoms with van der Waals surface area (Å²) < 4.78 is 13.7. The van der Waals surface area contributed by atoms with E-state index in [1.165, 1.54) is 0 Å². The van der Waals surface area contributed by atoms with Gasteiger partial charge in [0.05, 0.1) is 13.2 Å². The second kappa shape index (κ2) is 9.08. The summed E-state index contributed by atoms with van der Waals surface area (Å²) >= 11 is 0. The highest BCUT2D eigenvalue weighted by atomic mass is 16.6. The molecular formula is C9H16O7. The Bertz CT molecular complexity index is 216. The van der Waals surface area contributed by atoms with E-state index in [9.17, 15) is 9.59 Å². The van der Waals surface area contributed by atoms with Gasteiger partial charge in [-0.15, -0.1) is 0 Å². The Hall–Kier alpha value is -1.18. The van der Waals surface area contributed by atoms with Gasteiger partial charge in [0, 0.05) is 0 Å². The van der Waals surface area contributed by atoms with Gasteiger partial charge >= 0.3 is 11.9 Å². The molecule has 0 heterocycles. The van der Waals surface area contributed by atoms with Gasteiger partial charge in [0.25, 0.3) is 0 Å². The maximum Gasteiger partial charge on any atom is 0.332 e. The minimum absolute atomic E-state index is 0.245. The van der Waals surface area contributed by atoms with Gasteiger partial charge < -0.3 is 24.4 Å². The quantitative estimate of drug-likeness (QED) is 0.492. The van der Waals surface area contributed by atoms with Crippen LogP contribution < -0.4 is 0 Å². The lowest BCUT2D eigenvalue weighted by molar-refractivity contribution is -0.157. The predicted molar refractivity (Wildman–Crippen MR) is 51.5 cm³/mol. The zero-order valence-electron chi connectivity index (χ0n) is 9.05. The highest BCUT2D eigenvalue weighted by Crippen LogP contribution is 1.88. The molecule has 2 N–H and O–H groups in total. The van der Waals surface area contributed by atoms with Crippen LogP contribution in [0.3, 0.4) is 0 Å². The van der Waals surface area contributed by atoms with Crippen LogP contribution in [0.2, 0.25) is 0 Å². The normalized spacial score (nSPS) is 11.9. The van der Waals surface area contributed by atoms with Gasteiger partial charge in [0.15, 0.2) is 0 Å². The third kappa shape index (κ3) is 8.16. The fourth-order valence-electron chi connectivity index (χ4n) is 0.704. The van der Waals surface area contributed by atoms with E-state index in [0.717, 1.165) is 0 Å². The van der Waals surface area contributed by atoms with Crippen molar-refractivity contribution in [2.45, 2.75) is 13.0 Å². The number of carbonyl (C=O) groups excluding carboxylic acids is 2. The highest BCUT2D eigenvalue weighted by Gasteiger charge is 2.09. The number of ether oxygens (including phenoxy) is 3. The Morgan fingerprint density at radius 1 is 1.19 bits per heavy atom. The number of aliphatic hydroxyl groups excluding tert-OH is 2. The standard InChI is InChI=1S/C9H16O7/c1-2-15-8(12)5-14-6-9(13)16-4-7(11)3-10/h7,10-11H,2-6H2,1H3. The van der Waals surface area contributed by atoms with Crippen molar-refractivity contribution in [3.05, 3.63) is 0 Å². The smallest absolute Gasteiger partial charge is 0.332 e. The average Bonchev–Trinajstić information content (AvgIpc) is 2.26. The summed E-state index contributed by atoms with van der Waals surface area (Å²) in [6.07, 6.45) is -1.10. The summed E-state index contributed by atoms with van der Waals surface area (Å²) in [5, 5.41) is 17.3. The fourth-order valence-corrected chi connectivity index (χ4v) is 0.704. The van der Waals surface area contributed by atoms with Crippen molar-refractivity contribution in [3.8, 4) is 0 Å². The van der Waals surface area contributed by atoms with E-state index < -0.39 is 31.3 Å². The molecular weight excluding hydrogens is 220 g/mol. The van der Waals surface area contributed by atoms with Gasteiger partial charge in [-0.1, -0.05) is 0 Å². The number of hydrogen-bond acceptors (Lipinski definition) is 7. The van der Waals surface area contributed by atoms with E-state index in [2.05, 4.69) is 14.2 Å². The number of rotatable bonds is 8. The number of carbonyl (C=O) groups is 2. The number of hydrogen-bond donors (Lipinski definition) is 2. The van der Waals surface area contributed by atoms with Crippen LogP contribution >= 0.6 is 0 Å². The first-order valence-electron chi connectivity index (χ1n) is 4.78. The minimum atomic E-state index is -1.10. The first-order valence-corrected chi connectivity index (χ1v) is 4.78. The summed E-state index contributed by atoms with van der Waals surface area (Å²) in [7, 11) is 0. The molecule has 0 aliphatic heterocycles. The van der Waals surface area contributed by atoms with Crippen LogP contribution in [0, 0.1) is 0 Å². The molecule has 0 aromatic carbocycles. The molecule has 0 saturated heterocycles. The van der Waals surface area contributed by atoms with E-state index >= 15 is 0 Å². The average molecular weight is 236 g/mol. The summed E-state index contributed by atoms with van der Waals surface area (Å²) in [4.78, 5) is 21.7. The Morgan fingerprint density at radius 2 is 1.75 bits per heavy atom. The topological polar surface area (TPSA) is 102 Å². The van der Waals surface area contributed by atoms with Crippen LogP contribution in [0.1, 0.15) is 6.92 Å². The highest BCUT2D eigenvalue weighted by molar-refractivity contribution is 5.73. The van der Waals surface area contributed by atoms with Crippen LogP contribution in [-0.2, 0) is 23.8 Å². The van der Waals surface area contributed by atoms with Gasteiger partial charge in [0.1, 0.15) is 25.9 Å². The molecule has 0 radical (unpaired) electrons. The first-order chi connectivity index (χ1) is 7.60. The molecule has 0 aliphatic rings. The lowest BCUT2D eigenvalue weighted by Crippen LogP contribution is -2.24. The molecule has 0 spiro atoms. The molecule has 0 fully saturated rings. The van der Waals surface area contributed by atoms with E-state index in [4.69, 9.17) is 10.2 Å². The second-order valence-corrected chi connectivity index (χ2v) is 2.82. The minimum Gasteiger partial charge on any atom is -0.464 e. The molecule has 0 saturated carbocycles. The second-order valence-electron chi connectivity index (χ2n) is 2.82. The molecule has 0 bridgehead atoms. The largest absolute Gasteiger partial charge is 0.464 e. The molecule has 0 amide bonds. The van der Waals surface area contributed by atoms with Crippen molar-refractivity contribution in [1.82, 2.24) is 0 Å². The molecule has 16 heavy (non-hydrogen) atoms. The summed E-state index contributed by atoms with van der Waals surface area (Å²) in [5.41, 5.74) is 0. The predicted octanol–water partition coefficient (Wildman–Crippen LogP) is -1.54. The molecule has 0 aromatic heterocycles. The van der Waals surface area contributed by atoms with Gasteiger partial charge in [0.2, 0.25) is 0 Å². The summed E-state index contributed by atoms with van der Waals surface area (Å²) in [6.45, 7) is 0.370. The SMILES string of the molecule is CCOC(=O)COCC(=O)OCC(O)CO. The van der Waals surface area contributed by atoms with Crippen LogP contribution in [0.4, 0.5) is 0 Å². The lowest BCUT2D eigenvalue weighted by Gasteiger charge is -2.08. The van der Waals surface area contributed by atoms with Crippen LogP contribution in [0.15, 0.2) is 0 Å². The zero-order chi connectivity index (χ0) is 12.4. The van der Waals surface area contributed by atoms with Gasteiger partial charge in [-0.25, -0.2) is 9.59 Å². The molecule has 0 aliphatic carbocycles. The van der Waals surface area contributed by atoms with Gasteiger partial charge in [-0.2, -0.15) is 0 Å². The zero-order valence-corrected chi connectivity index (χ0v) is 9.05. The van der Waals surface area contributed by atoms with E-state index in [1.54, 1.807) is 6.92 Å². The van der Waals surface area contributed by atoms with Crippen molar-refractivity contribution in [2.75, 3.05) is 33.0 Å². The first kappa shape index (κ1) is 14.8. The molecule has 1 unspecified atom stereocenters. The molecule has 94 valence electrons. The molecule has 1 atom stereocenters. The Morgan fingerprint density at radius 3 is 2.25 bits per heavy atom. The third-order valence-corrected chi connectivity index (χ3v) is 1.39. The van der Waals surface area contributed by atoms with Crippen molar-refractivity contribution in [3.63, 3.8) is 0 Å². The Labute approximate surface area is 92.9 Å². The van der Waals surface area contributed by atoms with E-state index in [-0.39, 0.29) is 19.8 Å². The lowest BCUT2D eigenvalue weighted by atomic mass is 10.4. The van der Waals surface area contributed by atoms with Crippen LogP contribution in [-0.4, -0.2) is 61.3 Å². The van der Waals surface area contributed by atoms with E-state index in [0.29, 0.717) is 0 Å². The van der Waals surface area contributed by atoms with Gasteiger partial charge in [-0.05, 0) is 6.92 Å². The molecule has 0 aromatic rings. The van der Waals surface area contributed by atoms with E-state index in [1.807, 2.05) is 0 Å². The monoisotopic (exact) mass is 236 g/mol. The Kier molecular flexibility index (Phi) is 8.41. The van der Waals surface area contributed by atoms with Gasteiger partial charge in [-0.3, -0.25) is 0 Å². The molecule has 0 rings (SSSR count). The fraction of sp³-hybridized carbons (Fsp3) is 0.778. The molecule has 7 heteroatoms. The van der Waals surface area contributed by atoms with Crippen LogP contribution in [0.5, 0.6) is 0 Å². The Balaban J connectivity index is 3.47. The number of esters is 2. The van der Waals surface area contributed by atoms with Crippen molar-refractivity contribution >= 4 is 11.9 Å². The van der Waals surface area contributed by atoms with Crippen molar-refractivity contribution in [2.24, 2.45) is 0 Å². The third-order valence-electron chi connectivity index (χ3n) is 1.39. The molecule has 7 nitrogen and oxygen atoms in total. The maximum atomic E-state index is 10.9. The van der Waals surface area contributed by atoms with Crippen LogP contribution in [0.25, 0.3) is 0 Å². The van der Waals surface area contributed by atoms with Crippen molar-refractivity contribution < 1.29 is 34.0 Å². The summed E-state index contributed by atoms with van der Waals surface area (Å²) in [6, 6.07) is 0. The van der Waals surface area contributed by atoms with Crippen molar-refractivity contribution in [1.29, 1.82) is 0 Å².